The Morgan fingerprint density at radius 1 is 1.64 bits per heavy atom. The number of aromatic nitrogens is 2. The van der Waals surface area contributed by atoms with Crippen LogP contribution in [0.2, 0.25) is 0 Å². The molecule has 1 rings (SSSR count). The van der Waals surface area contributed by atoms with E-state index in [4.69, 9.17) is 16.4 Å². The molecule has 0 spiro atoms. The van der Waals surface area contributed by atoms with Crippen molar-refractivity contribution in [2.45, 2.75) is 6.29 Å². The second kappa shape index (κ2) is 4.34. The van der Waals surface area contributed by atoms with Gasteiger partial charge in [0, 0.05) is 6.07 Å². The number of anilines is 2. The molecule has 7 N–H and O–H groups in total. The summed E-state index contributed by atoms with van der Waals surface area (Å²) in [6, 6.07) is 1.38. The molecule has 1 aromatic heterocycles. The van der Waals surface area contributed by atoms with E-state index in [0.717, 1.165) is 4.57 Å². The van der Waals surface area contributed by atoms with Gasteiger partial charge in [0.05, 0.1) is 6.20 Å². The number of hydrogen-bond donors (Lipinski definition) is 3. The predicted octanol–water partition coefficient (Wildman–Crippen LogP) is -2.79. The summed E-state index contributed by atoms with van der Waals surface area (Å²) in [5.74, 6) is 0.123. The van der Waals surface area contributed by atoms with Gasteiger partial charge in [-0.2, -0.15) is 0 Å². The molecule has 0 aliphatic carbocycles. The van der Waals surface area contributed by atoms with Gasteiger partial charge < -0.3 is 25.6 Å². The molecule has 80 valence electrons. The lowest BCUT2D eigenvalue weighted by Gasteiger charge is -2.14. The molecule has 0 radical (unpaired) electrons. The quantitative estimate of drug-likeness (QED) is 0.362. The predicted molar refractivity (Wildman–Crippen MR) is 46.7 cm³/mol. The molecule has 9 heteroatoms. The minimum Gasteiger partial charge on any atom is -0.776 e. The molecule has 1 heterocycles. The average molecular weight is 222 g/mol. The Kier molecular flexibility index (Phi) is 3.96. The van der Waals surface area contributed by atoms with Gasteiger partial charge >= 0.3 is 5.95 Å². The molecule has 0 aliphatic rings. The maximum atomic E-state index is 10.5. The van der Waals surface area contributed by atoms with Crippen molar-refractivity contribution in [3.63, 3.8) is 0 Å². The fourth-order valence-corrected chi connectivity index (χ4v) is 1.41. The summed E-state index contributed by atoms with van der Waals surface area (Å²) in [6.07, 6.45) is 0.727. The molecular weight excluding hydrogens is 211 g/mol. The highest BCUT2D eigenvalue weighted by atomic mass is 31.2. The second-order valence-corrected chi connectivity index (χ2v) is 4.02. The van der Waals surface area contributed by atoms with Crippen molar-refractivity contribution in [1.82, 2.24) is 4.98 Å². The zero-order chi connectivity index (χ0) is 10.1. The molecule has 1 aromatic rings. The highest BCUT2D eigenvalue weighted by Crippen LogP contribution is 2.28. The van der Waals surface area contributed by atoms with Gasteiger partial charge in [0.2, 0.25) is 5.82 Å². The standard InChI is InChI=1S/C5H9N4O3P.H2O/c6-4-1-2-9(5(7)8-4)3-13(10,11)12;/h1-2H,3H2,(H5,6,7,8,10,11,12);1H2. The highest BCUT2D eigenvalue weighted by Gasteiger charge is 2.12. The Morgan fingerprint density at radius 3 is 2.64 bits per heavy atom. The van der Waals surface area contributed by atoms with Crippen LogP contribution in [-0.4, -0.2) is 15.4 Å². The fourth-order valence-electron chi connectivity index (χ4n) is 0.789. The summed E-state index contributed by atoms with van der Waals surface area (Å²) in [6.45, 7) is 0. The minimum absolute atomic E-state index is 0. The van der Waals surface area contributed by atoms with Crippen LogP contribution in [0.1, 0.15) is 0 Å². The molecule has 0 saturated carbocycles. The minimum atomic E-state index is -4.38. The summed E-state index contributed by atoms with van der Waals surface area (Å²) < 4.78 is 11.6. The van der Waals surface area contributed by atoms with Crippen molar-refractivity contribution in [3.8, 4) is 0 Å². The fraction of sp³-hybridized carbons (Fsp3) is 0.200. The van der Waals surface area contributed by atoms with Crippen LogP contribution in [0.3, 0.4) is 0 Å². The van der Waals surface area contributed by atoms with E-state index in [-0.39, 0.29) is 17.2 Å². The van der Waals surface area contributed by atoms with E-state index >= 15 is 0 Å². The van der Waals surface area contributed by atoms with Gasteiger partial charge in [0.1, 0.15) is 6.29 Å². The normalized spacial score (nSPS) is 14.1. The van der Waals surface area contributed by atoms with Crippen molar-refractivity contribution in [2.24, 2.45) is 0 Å². The first-order chi connectivity index (χ1) is 5.88. The Bertz CT molecular complexity index is 365. The Morgan fingerprint density at radius 2 is 2.21 bits per heavy atom. The van der Waals surface area contributed by atoms with Gasteiger partial charge in [-0.1, -0.05) is 4.98 Å². The number of nitrogens with zero attached hydrogens (tertiary/aromatic N) is 2. The van der Waals surface area contributed by atoms with Crippen molar-refractivity contribution in [1.29, 1.82) is 0 Å². The zero-order valence-corrected chi connectivity index (χ0v) is 8.02. The third-order valence-corrected chi connectivity index (χ3v) is 1.96. The molecule has 1 atom stereocenters. The molecule has 0 amide bonds. The van der Waals surface area contributed by atoms with Crippen LogP contribution in [0, 0.1) is 0 Å². The molecule has 0 aromatic carbocycles. The molecular formula is C5H11N4O4P. The second-order valence-electron chi connectivity index (χ2n) is 2.46. The Hall–Kier alpha value is -1.21. The topological polar surface area (TPSA) is 161 Å². The third-order valence-electron chi connectivity index (χ3n) is 1.29. The van der Waals surface area contributed by atoms with Crippen molar-refractivity contribution in [3.05, 3.63) is 12.3 Å². The van der Waals surface area contributed by atoms with Crippen LogP contribution in [0.25, 0.3) is 0 Å². The van der Waals surface area contributed by atoms with Crippen LogP contribution in [-0.2, 0) is 10.9 Å². The Labute approximate surface area is 79.7 Å². The lowest BCUT2D eigenvalue weighted by molar-refractivity contribution is -0.670. The summed E-state index contributed by atoms with van der Waals surface area (Å²) in [4.78, 5) is 22.6. The van der Waals surface area contributed by atoms with Gasteiger partial charge in [-0.25, -0.2) is 4.57 Å². The molecule has 0 saturated heterocycles. The first kappa shape index (κ1) is 12.8. The van der Waals surface area contributed by atoms with Gasteiger partial charge in [-0.15, -0.1) is 0 Å². The van der Waals surface area contributed by atoms with E-state index in [9.17, 15) is 9.46 Å². The summed E-state index contributed by atoms with van der Waals surface area (Å²) >= 11 is 0. The maximum absolute atomic E-state index is 10.5. The smallest absolute Gasteiger partial charge is 0.391 e. The van der Waals surface area contributed by atoms with Gasteiger partial charge in [0.15, 0.2) is 7.60 Å². The van der Waals surface area contributed by atoms with E-state index in [1.54, 1.807) is 0 Å². The first-order valence-corrected chi connectivity index (χ1v) is 5.09. The largest absolute Gasteiger partial charge is 0.776 e. The molecule has 1 unspecified atom stereocenters. The number of rotatable bonds is 2. The van der Waals surface area contributed by atoms with Crippen LogP contribution in [0.5, 0.6) is 0 Å². The summed E-state index contributed by atoms with van der Waals surface area (Å²) in [7, 11) is -4.38. The van der Waals surface area contributed by atoms with Crippen LogP contribution in [0.15, 0.2) is 12.3 Å². The van der Waals surface area contributed by atoms with Crippen molar-refractivity contribution in [2.75, 3.05) is 11.5 Å². The first-order valence-electron chi connectivity index (χ1n) is 3.33. The summed E-state index contributed by atoms with van der Waals surface area (Å²) in [5, 5.41) is 0. The lowest BCUT2D eigenvalue weighted by Crippen LogP contribution is -2.39. The average Bonchev–Trinajstić information content (AvgIpc) is 1.93. The highest BCUT2D eigenvalue weighted by molar-refractivity contribution is 7.48. The van der Waals surface area contributed by atoms with E-state index in [1.807, 2.05) is 0 Å². The molecule has 8 nitrogen and oxygen atoms in total. The third kappa shape index (κ3) is 3.67. The molecule has 14 heavy (non-hydrogen) atoms. The maximum Gasteiger partial charge on any atom is 0.391 e. The summed E-state index contributed by atoms with van der Waals surface area (Å²) in [5.41, 5.74) is 10.6. The van der Waals surface area contributed by atoms with Crippen LogP contribution in [0.4, 0.5) is 11.8 Å². The van der Waals surface area contributed by atoms with E-state index < -0.39 is 13.9 Å². The molecule has 0 bridgehead atoms. The van der Waals surface area contributed by atoms with E-state index in [0.29, 0.717) is 0 Å². The number of hydrogen-bond acceptors (Lipinski definition) is 5. The zero-order valence-electron chi connectivity index (χ0n) is 7.12. The van der Waals surface area contributed by atoms with Gasteiger partial charge in [0.25, 0.3) is 0 Å². The van der Waals surface area contributed by atoms with Crippen molar-refractivity contribution >= 4 is 19.4 Å². The van der Waals surface area contributed by atoms with E-state index in [1.165, 1.54) is 12.3 Å². The lowest BCUT2D eigenvalue weighted by atomic mass is 10.6. The number of nitrogens with two attached hydrogens (primary N) is 2. The SMILES string of the molecule is Nc1cc[n+](CP(=O)([O-])O)c(N)n1.O. The monoisotopic (exact) mass is 222 g/mol. The van der Waals surface area contributed by atoms with Crippen LogP contribution >= 0.6 is 7.60 Å². The molecule has 0 aliphatic heterocycles. The van der Waals surface area contributed by atoms with Crippen molar-refractivity contribution < 1.29 is 24.4 Å². The van der Waals surface area contributed by atoms with Crippen LogP contribution < -0.4 is 20.9 Å². The Balaban J connectivity index is 0.00000169. The van der Waals surface area contributed by atoms with Gasteiger partial charge in [-0.3, -0.25) is 5.73 Å². The van der Waals surface area contributed by atoms with Gasteiger partial charge in [-0.05, 0) is 0 Å². The number of nitrogen functional groups attached to an aromatic ring is 2. The van der Waals surface area contributed by atoms with E-state index in [2.05, 4.69) is 4.98 Å². The molecule has 0 fully saturated rings.